The third-order valence-corrected chi connectivity index (χ3v) is 3.51. The molecule has 100 valence electrons. The van der Waals surface area contributed by atoms with E-state index in [1.165, 1.54) is 0 Å². The molecular formula is C14H10Cl2N4. The first-order chi connectivity index (χ1) is 9.66. The van der Waals surface area contributed by atoms with Gasteiger partial charge in [0.05, 0.1) is 10.6 Å². The third-order valence-electron chi connectivity index (χ3n) is 2.88. The van der Waals surface area contributed by atoms with Gasteiger partial charge in [-0.15, -0.1) is 0 Å². The van der Waals surface area contributed by atoms with Crippen LogP contribution in [0.25, 0.3) is 22.8 Å². The number of aromatic nitrogens is 4. The molecule has 1 aromatic carbocycles. The van der Waals surface area contributed by atoms with Gasteiger partial charge in [-0.3, -0.25) is 0 Å². The van der Waals surface area contributed by atoms with E-state index in [0.29, 0.717) is 21.8 Å². The summed E-state index contributed by atoms with van der Waals surface area (Å²) in [4.78, 5) is 8.57. The first kappa shape index (κ1) is 13.1. The Morgan fingerprint density at radius 3 is 2.50 bits per heavy atom. The summed E-state index contributed by atoms with van der Waals surface area (Å²) in [7, 11) is 1.81. The first-order valence-electron chi connectivity index (χ1n) is 5.93. The summed E-state index contributed by atoms with van der Waals surface area (Å²) in [5.41, 5.74) is 1.53. The average molecular weight is 305 g/mol. The molecule has 0 saturated heterocycles. The number of pyridine rings is 1. The Bertz CT molecular complexity index is 767. The molecular weight excluding hydrogens is 295 g/mol. The fourth-order valence-electron chi connectivity index (χ4n) is 1.93. The van der Waals surface area contributed by atoms with E-state index in [4.69, 9.17) is 23.2 Å². The van der Waals surface area contributed by atoms with Crippen LogP contribution in [0.1, 0.15) is 0 Å². The highest BCUT2D eigenvalue weighted by molar-refractivity contribution is 6.33. The van der Waals surface area contributed by atoms with Crippen LogP contribution in [0.2, 0.25) is 10.2 Å². The molecule has 0 aliphatic heterocycles. The van der Waals surface area contributed by atoms with E-state index >= 15 is 0 Å². The zero-order chi connectivity index (χ0) is 14.1. The maximum Gasteiger partial charge on any atom is 0.183 e. The molecule has 0 aliphatic rings. The lowest BCUT2D eigenvalue weighted by Gasteiger charge is -2.00. The minimum atomic E-state index is 0.397. The minimum Gasteiger partial charge on any atom is -0.248 e. The van der Waals surface area contributed by atoms with Gasteiger partial charge in [0, 0.05) is 18.8 Å². The van der Waals surface area contributed by atoms with E-state index in [1.807, 2.05) is 43.4 Å². The van der Waals surface area contributed by atoms with Crippen molar-refractivity contribution in [2.75, 3.05) is 0 Å². The zero-order valence-corrected chi connectivity index (χ0v) is 12.1. The Kier molecular flexibility index (Phi) is 3.42. The average Bonchev–Trinajstić information content (AvgIpc) is 2.81. The van der Waals surface area contributed by atoms with Crippen molar-refractivity contribution in [3.05, 3.63) is 52.8 Å². The lowest BCUT2D eigenvalue weighted by Crippen LogP contribution is -1.95. The van der Waals surface area contributed by atoms with Gasteiger partial charge in [-0.25, -0.2) is 14.6 Å². The van der Waals surface area contributed by atoms with Crippen LogP contribution in [0.15, 0.2) is 42.6 Å². The zero-order valence-electron chi connectivity index (χ0n) is 10.6. The smallest absolute Gasteiger partial charge is 0.183 e. The number of benzene rings is 1. The van der Waals surface area contributed by atoms with Gasteiger partial charge in [0.1, 0.15) is 5.15 Å². The maximum absolute atomic E-state index is 6.17. The second-order valence-electron chi connectivity index (χ2n) is 4.20. The highest BCUT2D eigenvalue weighted by Gasteiger charge is 2.15. The second-order valence-corrected chi connectivity index (χ2v) is 4.97. The van der Waals surface area contributed by atoms with Crippen molar-refractivity contribution in [3.63, 3.8) is 0 Å². The fraction of sp³-hybridized carbons (Fsp3) is 0.0714. The number of rotatable bonds is 2. The maximum atomic E-state index is 6.17. The quantitative estimate of drug-likeness (QED) is 0.675. The molecule has 0 amide bonds. The van der Waals surface area contributed by atoms with Crippen molar-refractivity contribution in [1.82, 2.24) is 19.7 Å². The molecule has 0 saturated carbocycles. The van der Waals surface area contributed by atoms with Crippen LogP contribution in [0.4, 0.5) is 0 Å². The van der Waals surface area contributed by atoms with E-state index in [9.17, 15) is 0 Å². The molecule has 0 unspecified atom stereocenters. The highest BCUT2D eigenvalue weighted by Crippen LogP contribution is 2.29. The van der Waals surface area contributed by atoms with Gasteiger partial charge < -0.3 is 0 Å². The Morgan fingerprint density at radius 2 is 1.75 bits per heavy atom. The Labute approximate surface area is 126 Å². The van der Waals surface area contributed by atoms with E-state index in [2.05, 4.69) is 15.1 Å². The molecule has 0 aliphatic carbocycles. The number of aryl methyl sites for hydroxylation is 1. The summed E-state index contributed by atoms with van der Waals surface area (Å²) in [5.74, 6) is 1.21. The molecule has 0 radical (unpaired) electrons. The number of halogens is 2. The summed E-state index contributed by atoms with van der Waals surface area (Å²) < 4.78 is 1.67. The normalized spacial score (nSPS) is 10.8. The lowest BCUT2D eigenvalue weighted by atomic mass is 10.2. The van der Waals surface area contributed by atoms with Crippen LogP contribution < -0.4 is 0 Å². The van der Waals surface area contributed by atoms with E-state index in [-0.39, 0.29) is 0 Å². The van der Waals surface area contributed by atoms with Gasteiger partial charge in [0.25, 0.3) is 0 Å². The molecule has 0 atom stereocenters. The van der Waals surface area contributed by atoms with Crippen molar-refractivity contribution in [1.29, 1.82) is 0 Å². The Balaban J connectivity index is 2.13. The molecule has 20 heavy (non-hydrogen) atoms. The molecule has 4 nitrogen and oxygen atoms in total. The molecule has 2 heterocycles. The van der Waals surface area contributed by atoms with Crippen molar-refractivity contribution in [2.45, 2.75) is 0 Å². The minimum absolute atomic E-state index is 0.397. The number of hydrogen-bond donors (Lipinski definition) is 0. The van der Waals surface area contributed by atoms with Gasteiger partial charge in [0.15, 0.2) is 11.6 Å². The van der Waals surface area contributed by atoms with E-state index in [0.717, 1.165) is 11.1 Å². The van der Waals surface area contributed by atoms with E-state index in [1.54, 1.807) is 10.9 Å². The standard InChI is InChI=1S/C14H10Cl2N4/c1-20-14(10-6-4-8-17-12(10)16)18-13(19-20)9-5-2-3-7-11(9)15/h2-8H,1H3. The summed E-state index contributed by atoms with van der Waals surface area (Å²) in [5, 5.41) is 5.40. The molecule has 0 spiro atoms. The molecule has 3 aromatic rings. The summed E-state index contributed by atoms with van der Waals surface area (Å²) in [6.45, 7) is 0. The Hall–Kier alpha value is -1.91. The molecule has 0 bridgehead atoms. The molecule has 6 heteroatoms. The van der Waals surface area contributed by atoms with E-state index < -0.39 is 0 Å². The highest BCUT2D eigenvalue weighted by atomic mass is 35.5. The second kappa shape index (κ2) is 5.23. The van der Waals surface area contributed by atoms with Crippen molar-refractivity contribution in [3.8, 4) is 22.8 Å². The van der Waals surface area contributed by atoms with Crippen LogP contribution in [-0.4, -0.2) is 19.7 Å². The summed E-state index contributed by atoms with van der Waals surface area (Å²) in [6, 6.07) is 11.1. The van der Waals surface area contributed by atoms with Crippen LogP contribution in [-0.2, 0) is 7.05 Å². The van der Waals surface area contributed by atoms with Gasteiger partial charge >= 0.3 is 0 Å². The van der Waals surface area contributed by atoms with Gasteiger partial charge in [-0.05, 0) is 24.3 Å². The lowest BCUT2D eigenvalue weighted by molar-refractivity contribution is 0.777. The number of nitrogens with zero attached hydrogens (tertiary/aromatic N) is 4. The molecule has 2 aromatic heterocycles. The van der Waals surface area contributed by atoms with Crippen LogP contribution in [0.3, 0.4) is 0 Å². The molecule has 0 fully saturated rings. The monoisotopic (exact) mass is 304 g/mol. The van der Waals surface area contributed by atoms with Crippen LogP contribution in [0, 0.1) is 0 Å². The van der Waals surface area contributed by atoms with Crippen LogP contribution in [0.5, 0.6) is 0 Å². The fourth-order valence-corrected chi connectivity index (χ4v) is 2.35. The number of hydrogen-bond acceptors (Lipinski definition) is 3. The van der Waals surface area contributed by atoms with Crippen molar-refractivity contribution in [2.24, 2.45) is 7.05 Å². The summed E-state index contributed by atoms with van der Waals surface area (Å²) in [6.07, 6.45) is 1.64. The molecule has 3 rings (SSSR count). The van der Waals surface area contributed by atoms with Gasteiger partial charge in [-0.2, -0.15) is 5.10 Å². The molecule has 0 N–H and O–H groups in total. The largest absolute Gasteiger partial charge is 0.248 e. The summed E-state index contributed by atoms with van der Waals surface area (Å²) >= 11 is 12.3. The Morgan fingerprint density at radius 1 is 1.00 bits per heavy atom. The van der Waals surface area contributed by atoms with Gasteiger partial charge in [0.2, 0.25) is 0 Å². The van der Waals surface area contributed by atoms with Crippen molar-refractivity contribution < 1.29 is 0 Å². The van der Waals surface area contributed by atoms with Crippen molar-refractivity contribution >= 4 is 23.2 Å². The SMILES string of the molecule is Cn1nc(-c2ccccc2Cl)nc1-c1cccnc1Cl. The first-order valence-corrected chi connectivity index (χ1v) is 6.69. The predicted molar refractivity (Wildman–Crippen MR) is 79.7 cm³/mol. The topological polar surface area (TPSA) is 43.6 Å². The predicted octanol–water partition coefficient (Wildman–Crippen LogP) is 3.85. The van der Waals surface area contributed by atoms with Crippen LogP contribution >= 0.6 is 23.2 Å². The van der Waals surface area contributed by atoms with Gasteiger partial charge in [-0.1, -0.05) is 35.3 Å². The third kappa shape index (κ3) is 2.28.